The Morgan fingerprint density at radius 1 is 1.14 bits per heavy atom. The van der Waals surface area contributed by atoms with E-state index in [-0.39, 0.29) is 30.0 Å². The van der Waals surface area contributed by atoms with Gasteiger partial charge < -0.3 is 10.1 Å². The van der Waals surface area contributed by atoms with Crippen LogP contribution >= 0.6 is 0 Å². The summed E-state index contributed by atoms with van der Waals surface area (Å²) in [4.78, 5) is 25.2. The zero-order valence-corrected chi connectivity index (χ0v) is 11.4. The molecule has 1 saturated heterocycles. The fraction of sp³-hybridized carbons (Fsp3) is 0.429. The number of nitrogens with zero attached hydrogens (tertiary/aromatic N) is 1. The molecule has 0 aromatic heterocycles. The number of amides is 2. The summed E-state index contributed by atoms with van der Waals surface area (Å²) in [5, 5.41) is 2.87. The molecule has 2 amide bonds. The molecule has 1 N–H and O–H groups in total. The number of benzene rings is 1. The molecule has 1 atom stereocenters. The molecule has 1 heterocycles. The van der Waals surface area contributed by atoms with Gasteiger partial charge in [-0.15, -0.1) is 13.2 Å². The van der Waals surface area contributed by atoms with Crippen molar-refractivity contribution in [3.63, 3.8) is 0 Å². The number of hydrogen-bond donors (Lipinski definition) is 1. The highest BCUT2D eigenvalue weighted by atomic mass is 19.4. The summed E-state index contributed by atoms with van der Waals surface area (Å²) < 4.78 is 40.0. The van der Waals surface area contributed by atoms with Gasteiger partial charge in [-0.2, -0.15) is 0 Å². The summed E-state index contributed by atoms with van der Waals surface area (Å²) >= 11 is 0. The van der Waals surface area contributed by atoms with Crippen molar-refractivity contribution in [3.05, 3.63) is 24.3 Å². The van der Waals surface area contributed by atoms with Crippen LogP contribution in [0.1, 0.15) is 19.3 Å². The number of imide groups is 1. The molecule has 118 valence electrons. The molecule has 0 spiro atoms. The maximum atomic E-state index is 12.1. The number of anilines is 1. The van der Waals surface area contributed by atoms with Crippen molar-refractivity contribution in [2.75, 3.05) is 5.32 Å². The molecule has 2 aliphatic rings. The van der Waals surface area contributed by atoms with Crippen molar-refractivity contribution in [1.82, 2.24) is 4.90 Å². The van der Waals surface area contributed by atoms with Gasteiger partial charge in [-0.3, -0.25) is 14.5 Å². The van der Waals surface area contributed by atoms with Crippen LogP contribution in [0.5, 0.6) is 5.75 Å². The first-order valence-corrected chi connectivity index (χ1v) is 6.82. The van der Waals surface area contributed by atoms with E-state index in [2.05, 4.69) is 10.1 Å². The van der Waals surface area contributed by atoms with E-state index in [9.17, 15) is 22.8 Å². The van der Waals surface area contributed by atoms with E-state index in [1.165, 1.54) is 17.0 Å². The lowest BCUT2D eigenvalue weighted by atomic mass is 10.2. The largest absolute Gasteiger partial charge is 0.573 e. The van der Waals surface area contributed by atoms with Crippen molar-refractivity contribution in [2.45, 2.75) is 37.7 Å². The topological polar surface area (TPSA) is 58.6 Å². The fourth-order valence-corrected chi connectivity index (χ4v) is 2.43. The number of hydrogen-bond acceptors (Lipinski definition) is 4. The van der Waals surface area contributed by atoms with Crippen molar-refractivity contribution in [1.29, 1.82) is 0 Å². The van der Waals surface area contributed by atoms with Gasteiger partial charge in [-0.05, 0) is 37.1 Å². The number of alkyl halides is 3. The predicted molar refractivity (Wildman–Crippen MR) is 70.0 cm³/mol. The predicted octanol–water partition coefficient (Wildman–Crippen LogP) is 2.29. The van der Waals surface area contributed by atoms with Crippen molar-refractivity contribution < 1.29 is 27.5 Å². The molecule has 3 rings (SSSR count). The molecule has 0 unspecified atom stereocenters. The lowest BCUT2D eigenvalue weighted by molar-refractivity contribution is -0.274. The number of nitrogens with one attached hydrogen (secondary N) is 1. The van der Waals surface area contributed by atoms with Crippen LogP contribution in [0.15, 0.2) is 24.3 Å². The minimum absolute atomic E-state index is 0.0226. The van der Waals surface area contributed by atoms with Crippen LogP contribution in [0.25, 0.3) is 0 Å². The SMILES string of the molecule is O=C1C[C@@H](Nc2ccc(OC(F)(F)F)cc2)C(=O)N1C1CC1. The maximum Gasteiger partial charge on any atom is 0.573 e. The second-order valence-corrected chi connectivity index (χ2v) is 5.31. The van der Waals surface area contributed by atoms with Crippen LogP contribution in [-0.2, 0) is 9.59 Å². The summed E-state index contributed by atoms with van der Waals surface area (Å²) in [5.74, 6) is -0.823. The number of ether oxygens (including phenoxy) is 1. The minimum atomic E-state index is -4.74. The quantitative estimate of drug-likeness (QED) is 0.866. The first-order chi connectivity index (χ1) is 10.3. The van der Waals surface area contributed by atoms with Crippen molar-refractivity contribution >= 4 is 17.5 Å². The monoisotopic (exact) mass is 314 g/mol. The Labute approximate surface area is 124 Å². The van der Waals surface area contributed by atoms with E-state index in [1.807, 2.05) is 0 Å². The highest BCUT2D eigenvalue weighted by Gasteiger charge is 2.46. The van der Waals surface area contributed by atoms with Gasteiger partial charge in [0.05, 0.1) is 6.42 Å². The van der Waals surface area contributed by atoms with E-state index in [0.717, 1.165) is 25.0 Å². The molecule has 5 nitrogen and oxygen atoms in total. The van der Waals surface area contributed by atoms with E-state index in [0.29, 0.717) is 5.69 Å². The Morgan fingerprint density at radius 2 is 1.77 bits per heavy atom. The number of rotatable bonds is 4. The van der Waals surface area contributed by atoms with E-state index in [4.69, 9.17) is 0 Å². The van der Waals surface area contributed by atoms with Crippen molar-refractivity contribution in [3.8, 4) is 5.75 Å². The minimum Gasteiger partial charge on any atom is -0.406 e. The number of carbonyl (C=O) groups is 2. The Hall–Kier alpha value is -2.25. The van der Waals surface area contributed by atoms with Crippen LogP contribution in [0, 0.1) is 0 Å². The van der Waals surface area contributed by atoms with Crippen LogP contribution < -0.4 is 10.1 Å². The highest BCUT2D eigenvalue weighted by molar-refractivity contribution is 6.07. The number of carbonyl (C=O) groups excluding carboxylic acids is 2. The third kappa shape index (κ3) is 3.15. The average molecular weight is 314 g/mol. The molecule has 1 aliphatic heterocycles. The molecule has 1 aromatic carbocycles. The lowest BCUT2D eigenvalue weighted by Gasteiger charge is -2.15. The Bertz CT molecular complexity index is 596. The first kappa shape index (κ1) is 14.7. The van der Waals surface area contributed by atoms with E-state index in [1.54, 1.807) is 0 Å². The van der Waals surface area contributed by atoms with E-state index < -0.39 is 12.4 Å². The number of halogens is 3. The summed E-state index contributed by atoms with van der Waals surface area (Å²) in [6, 6.07) is 4.40. The molecule has 22 heavy (non-hydrogen) atoms. The third-order valence-corrected chi connectivity index (χ3v) is 3.52. The molecule has 1 aliphatic carbocycles. The Morgan fingerprint density at radius 3 is 2.32 bits per heavy atom. The zero-order valence-electron chi connectivity index (χ0n) is 11.4. The molecule has 0 radical (unpaired) electrons. The molecular weight excluding hydrogens is 301 g/mol. The summed E-state index contributed by atoms with van der Waals surface area (Å²) in [5.41, 5.74) is 0.457. The molecule has 2 fully saturated rings. The van der Waals surface area contributed by atoms with Gasteiger partial charge >= 0.3 is 6.36 Å². The fourth-order valence-electron chi connectivity index (χ4n) is 2.43. The second-order valence-electron chi connectivity index (χ2n) is 5.31. The Kier molecular flexibility index (Phi) is 3.46. The van der Waals surface area contributed by atoms with Gasteiger partial charge in [0.15, 0.2) is 0 Å². The highest BCUT2D eigenvalue weighted by Crippen LogP contribution is 2.32. The van der Waals surface area contributed by atoms with Gasteiger partial charge in [0.2, 0.25) is 5.91 Å². The summed E-state index contributed by atoms with van der Waals surface area (Å²) in [6.45, 7) is 0. The average Bonchev–Trinajstić information content (AvgIpc) is 3.19. The van der Waals surface area contributed by atoms with Crippen LogP contribution in [0.3, 0.4) is 0 Å². The summed E-state index contributed by atoms with van der Waals surface area (Å²) in [6.07, 6.45) is -2.99. The van der Waals surface area contributed by atoms with E-state index >= 15 is 0 Å². The van der Waals surface area contributed by atoms with Crippen LogP contribution in [-0.4, -0.2) is 35.2 Å². The van der Waals surface area contributed by atoms with Gasteiger partial charge in [0.1, 0.15) is 11.8 Å². The van der Waals surface area contributed by atoms with Gasteiger partial charge in [-0.1, -0.05) is 0 Å². The maximum absolute atomic E-state index is 12.1. The van der Waals surface area contributed by atoms with Crippen LogP contribution in [0.4, 0.5) is 18.9 Å². The molecule has 0 bridgehead atoms. The third-order valence-electron chi connectivity index (χ3n) is 3.52. The second kappa shape index (κ2) is 5.19. The number of likely N-dealkylation sites (tertiary alicyclic amines) is 1. The van der Waals surface area contributed by atoms with Gasteiger partial charge in [-0.25, -0.2) is 0 Å². The lowest BCUT2D eigenvalue weighted by Crippen LogP contribution is -2.36. The first-order valence-electron chi connectivity index (χ1n) is 6.82. The van der Waals surface area contributed by atoms with Gasteiger partial charge in [0.25, 0.3) is 5.91 Å². The zero-order chi connectivity index (χ0) is 15.9. The molecule has 1 saturated carbocycles. The van der Waals surface area contributed by atoms with Crippen molar-refractivity contribution in [2.24, 2.45) is 0 Å². The molecular formula is C14H13F3N2O3. The summed E-state index contributed by atoms with van der Waals surface area (Å²) in [7, 11) is 0. The smallest absolute Gasteiger partial charge is 0.406 e. The van der Waals surface area contributed by atoms with Gasteiger partial charge in [0, 0.05) is 11.7 Å². The van der Waals surface area contributed by atoms with Crippen LogP contribution in [0.2, 0.25) is 0 Å². The normalized spacial score (nSPS) is 22.1. The molecule has 1 aromatic rings. The molecule has 8 heteroatoms. The Balaban J connectivity index is 1.64. The standard InChI is InChI=1S/C14H13F3N2O3/c15-14(16,17)22-10-5-1-8(2-6-10)18-11-7-12(20)19(13(11)21)9-3-4-9/h1-2,5-6,9,11,18H,3-4,7H2/t11-/m1/s1.